The number of carbonyl (C=O) groups excluding carboxylic acids is 1. The van der Waals surface area contributed by atoms with Crippen molar-refractivity contribution in [2.75, 3.05) is 6.54 Å². The van der Waals surface area contributed by atoms with E-state index in [0.29, 0.717) is 6.54 Å². The van der Waals surface area contributed by atoms with Gasteiger partial charge in [0.15, 0.2) is 0 Å². The molecule has 1 heterocycles. The van der Waals surface area contributed by atoms with Crippen LogP contribution in [0.15, 0.2) is 12.1 Å². The Morgan fingerprint density at radius 2 is 2.18 bits per heavy atom. The first-order valence-electron chi connectivity index (χ1n) is 5.57. The topological polar surface area (TPSA) is 64.3 Å². The van der Waals surface area contributed by atoms with E-state index in [-0.39, 0.29) is 6.04 Å². The number of nitrogens with two attached hydrogens (primary N) is 1. The minimum Gasteiger partial charge on any atom is -0.444 e. The average Bonchev–Trinajstić information content (AvgIpc) is 2.58. The molecular weight excluding hydrogens is 236 g/mol. The fourth-order valence-electron chi connectivity index (χ4n) is 1.26. The Labute approximate surface area is 106 Å². The van der Waals surface area contributed by atoms with Gasteiger partial charge in [-0.25, -0.2) is 4.79 Å². The van der Waals surface area contributed by atoms with Gasteiger partial charge in [-0.3, -0.25) is 0 Å². The lowest BCUT2D eigenvalue weighted by molar-refractivity contribution is 0.0524. The normalized spacial score (nSPS) is 13.2. The first kappa shape index (κ1) is 14.0. The monoisotopic (exact) mass is 256 g/mol. The number of nitrogens with one attached hydrogen (secondary N) is 1. The van der Waals surface area contributed by atoms with Gasteiger partial charge in [0.2, 0.25) is 0 Å². The summed E-state index contributed by atoms with van der Waals surface area (Å²) in [7, 11) is 0. The molecule has 0 saturated heterocycles. The van der Waals surface area contributed by atoms with E-state index in [1.54, 1.807) is 11.3 Å². The second-order valence-corrected chi connectivity index (χ2v) is 6.26. The number of aryl methyl sites for hydroxylation is 1. The highest BCUT2D eigenvalue weighted by molar-refractivity contribution is 7.12. The van der Waals surface area contributed by atoms with E-state index >= 15 is 0 Å². The maximum absolute atomic E-state index is 11.4. The third kappa shape index (κ3) is 5.19. The fraction of sp³-hybridized carbons (Fsp3) is 0.583. The van der Waals surface area contributed by atoms with Gasteiger partial charge in [0.25, 0.3) is 0 Å². The highest BCUT2D eigenvalue weighted by Gasteiger charge is 2.17. The van der Waals surface area contributed by atoms with Gasteiger partial charge in [0, 0.05) is 16.3 Å². The Hall–Kier alpha value is -1.07. The SMILES string of the molecule is Cc1ccc(C(N)CNC(=O)OC(C)(C)C)s1. The molecule has 0 aromatic carbocycles. The Kier molecular flexibility index (Phi) is 4.54. The second kappa shape index (κ2) is 5.51. The lowest BCUT2D eigenvalue weighted by atomic mass is 10.2. The van der Waals surface area contributed by atoms with Crippen LogP contribution in [0, 0.1) is 6.92 Å². The van der Waals surface area contributed by atoms with Crippen molar-refractivity contribution >= 4 is 17.4 Å². The summed E-state index contributed by atoms with van der Waals surface area (Å²) in [5, 5.41) is 2.67. The first-order valence-corrected chi connectivity index (χ1v) is 6.38. The van der Waals surface area contributed by atoms with Crippen LogP contribution in [0.4, 0.5) is 4.79 Å². The van der Waals surface area contributed by atoms with Crippen LogP contribution in [0.1, 0.15) is 36.6 Å². The van der Waals surface area contributed by atoms with Gasteiger partial charge in [-0.1, -0.05) is 0 Å². The van der Waals surface area contributed by atoms with E-state index in [2.05, 4.69) is 5.32 Å². The van der Waals surface area contributed by atoms with E-state index in [1.807, 2.05) is 39.8 Å². The van der Waals surface area contributed by atoms with Gasteiger partial charge in [-0.15, -0.1) is 11.3 Å². The second-order valence-electron chi connectivity index (χ2n) is 4.94. The fourth-order valence-corrected chi connectivity index (χ4v) is 2.14. The molecule has 0 aliphatic carbocycles. The highest BCUT2D eigenvalue weighted by atomic mass is 32.1. The van der Waals surface area contributed by atoms with Crippen molar-refractivity contribution in [3.63, 3.8) is 0 Å². The molecule has 0 spiro atoms. The molecule has 1 amide bonds. The molecule has 1 aromatic rings. The number of hydrogen-bond donors (Lipinski definition) is 2. The molecule has 1 rings (SSSR count). The van der Waals surface area contributed by atoms with E-state index in [9.17, 15) is 4.79 Å². The summed E-state index contributed by atoms with van der Waals surface area (Å²) < 4.78 is 5.13. The lowest BCUT2D eigenvalue weighted by Gasteiger charge is -2.20. The van der Waals surface area contributed by atoms with Gasteiger partial charge in [-0.2, -0.15) is 0 Å². The third-order valence-corrected chi connectivity index (χ3v) is 3.12. The Morgan fingerprint density at radius 3 is 2.65 bits per heavy atom. The summed E-state index contributed by atoms with van der Waals surface area (Å²) in [5.74, 6) is 0. The lowest BCUT2D eigenvalue weighted by Crippen LogP contribution is -2.36. The molecule has 0 aliphatic heterocycles. The molecule has 3 N–H and O–H groups in total. The number of amides is 1. The van der Waals surface area contributed by atoms with E-state index in [4.69, 9.17) is 10.5 Å². The molecule has 1 unspecified atom stereocenters. The number of hydrogen-bond acceptors (Lipinski definition) is 4. The minimum absolute atomic E-state index is 0.179. The summed E-state index contributed by atoms with van der Waals surface area (Å²) in [4.78, 5) is 13.7. The molecule has 0 aliphatic rings. The van der Waals surface area contributed by atoms with Crippen LogP contribution >= 0.6 is 11.3 Å². The minimum atomic E-state index is -0.478. The zero-order valence-electron chi connectivity index (χ0n) is 10.7. The van der Waals surface area contributed by atoms with Crippen molar-refractivity contribution in [1.29, 1.82) is 0 Å². The van der Waals surface area contributed by atoms with Crippen LogP contribution in [-0.4, -0.2) is 18.2 Å². The largest absolute Gasteiger partial charge is 0.444 e. The molecular formula is C12H20N2O2S. The van der Waals surface area contributed by atoms with Crippen molar-refractivity contribution in [2.45, 2.75) is 39.3 Å². The third-order valence-electron chi connectivity index (χ3n) is 1.99. The van der Waals surface area contributed by atoms with Crippen molar-refractivity contribution in [3.05, 3.63) is 21.9 Å². The smallest absolute Gasteiger partial charge is 0.407 e. The molecule has 0 saturated carbocycles. The first-order chi connectivity index (χ1) is 7.78. The van der Waals surface area contributed by atoms with Gasteiger partial charge < -0.3 is 15.8 Å². The Balaban J connectivity index is 2.38. The van der Waals surface area contributed by atoms with Crippen molar-refractivity contribution in [1.82, 2.24) is 5.32 Å². The molecule has 0 radical (unpaired) electrons. The molecule has 0 bridgehead atoms. The molecule has 1 aromatic heterocycles. The number of alkyl carbamates (subject to hydrolysis) is 1. The predicted molar refractivity (Wildman–Crippen MR) is 70.2 cm³/mol. The van der Waals surface area contributed by atoms with Crippen LogP contribution < -0.4 is 11.1 Å². The molecule has 1 atom stereocenters. The standard InChI is InChI=1S/C12H20N2O2S/c1-8-5-6-10(17-8)9(13)7-14-11(15)16-12(2,3)4/h5-6,9H,7,13H2,1-4H3,(H,14,15). The number of carbonyl (C=O) groups is 1. The zero-order chi connectivity index (χ0) is 13.1. The zero-order valence-corrected chi connectivity index (χ0v) is 11.6. The summed E-state index contributed by atoms with van der Waals surface area (Å²) in [6, 6.07) is 3.83. The molecule has 17 heavy (non-hydrogen) atoms. The highest BCUT2D eigenvalue weighted by Crippen LogP contribution is 2.20. The Bertz CT molecular complexity index is 382. The van der Waals surface area contributed by atoms with E-state index in [0.717, 1.165) is 4.88 Å². The van der Waals surface area contributed by atoms with Gasteiger partial charge in [-0.05, 0) is 39.8 Å². The predicted octanol–water partition coefficient (Wildman–Crippen LogP) is 2.58. The number of ether oxygens (including phenoxy) is 1. The van der Waals surface area contributed by atoms with E-state index < -0.39 is 11.7 Å². The molecule has 0 fully saturated rings. The van der Waals surface area contributed by atoms with Crippen molar-refractivity contribution in [3.8, 4) is 0 Å². The van der Waals surface area contributed by atoms with Gasteiger partial charge in [0.05, 0.1) is 6.04 Å². The van der Waals surface area contributed by atoms with Crippen LogP contribution in [0.3, 0.4) is 0 Å². The van der Waals surface area contributed by atoms with Gasteiger partial charge in [0.1, 0.15) is 5.60 Å². The van der Waals surface area contributed by atoms with Crippen LogP contribution in [0.5, 0.6) is 0 Å². The number of thiophene rings is 1. The van der Waals surface area contributed by atoms with Gasteiger partial charge >= 0.3 is 6.09 Å². The van der Waals surface area contributed by atoms with E-state index in [1.165, 1.54) is 4.88 Å². The molecule has 4 nitrogen and oxygen atoms in total. The van der Waals surface area contributed by atoms with Crippen LogP contribution in [0.25, 0.3) is 0 Å². The summed E-state index contributed by atoms with van der Waals surface area (Å²) in [6.45, 7) is 7.90. The van der Waals surface area contributed by atoms with Crippen molar-refractivity contribution < 1.29 is 9.53 Å². The van der Waals surface area contributed by atoms with Crippen LogP contribution in [-0.2, 0) is 4.74 Å². The summed E-state index contributed by atoms with van der Waals surface area (Å²) in [6.07, 6.45) is -0.429. The summed E-state index contributed by atoms with van der Waals surface area (Å²) in [5.41, 5.74) is 5.48. The Morgan fingerprint density at radius 1 is 1.53 bits per heavy atom. The maximum atomic E-state index is 11.4. The summed E-state index contributed by atoms with van der Waals surface area (Å²) >= 11 is 1.64. The average molecular weight is 256 g/mol. The molecule has 96 valence electrons. The van der Waals surface area contributed by atoms with Crippen LogP contribution in [0.2, 0.25) is 0 Å². The quantitative estimate of drug-likeness (QED) is 0.873. The van der Waals surface area contributed by atoms with Crippen molar-refractivity contribution in [2.24, 2.45) is 5.73 Å². The number of rotatable bonds is 3. The molecule has 5 heteroatoms. The maximum Gasteiger partial charge on any atom is 0.407 e.